The first-order valence-electron chi connectivity index (χ1n) is 9.51. The van der Waals surface area contributed by atoms with Gasteiger partial charge < -0.3 is 14.7 Å². The van der Waals surface area contributed by atoms with E-state index in [4.69, 9.17) is 9.84 Å². The van der Waals surface area contributed by atoms with Gasteiger partial charge in [-0.05, 0) is 76.0 Å². The van der Waals surface area contributed by atoms with Crippen molar-refractivity contribution in [2.24, 2.45) is 0 Å². The molecule has 1 aromatic rings. The summed E-state index contributed by atoms with van der Waals surface area (Å²) in [6, 6.07) is 7.02. The number of carbonyl (C=O) groups is 1. The summed E-state index contributed by atoms with van der Waals surface area (Å²) in [5.41, 5.74) is 2.77. The van der Waals surface area contributed by atoms with Crippen molar-refractivity contribution < 1.29 is 14.6 Å². The molecule has 3 rings (SSSR count). The lowest BCUT2D eigenvalue weighted by Gasteiger charge is -2.25. The molecule has 0 aromatic heterocycles. The van der Waals surface area contributed by atoms with E-state index in [1.807, 2.05) is 11.9 Å². The van der Waals surface area contributed by atoms with Crippen molar-refractivity contribution >= 4 is 5.97 Å². The van der Waals surface area contributed by atoms with Gasteiger partial charge in [-0.3, -0.25) is 9.69 Å². The van der Waals surface area contributed by atoms with Crippen LogP contribution >= 0.6 is 0 Å². The maximum Gasteiger partial charge on any atom is 0.317 e. The van der Waals surface area contributed by atoms with E-state index in [2.05, 4.69) is 23.1 Å². The van der Waals surface area contributed by atoms with Crippen molar-refractivity contribution in [1.82, 2.24) is 9.80 Å². The molecular weight excluding hydrogens is 316 g/mol. The standard InChI is InChI=1S/C20H30N2O3/c1-21(15-20(23)24)18-5-3-11-22(12-8-18)10-2-4-16-6-7-19-17(14-16)9-13-25-19/h6-7,14,18H,2-5,8-13,15H2,1H3,(H,23,24). The van der Waals surface area contributed by atoms with Crippen LogP contribution in [0.25, 0.3) is 0 Å². The number of benzene rings is 1. The minimum absolute atomic E-state index is 0.146. The van der Waals surface area contributed by atoms with Crippen LogP contribution in [0.5, 0.6) is 5.75 Å². The van der Waals surface area contributed by atoms with Gasteiger partial charge in [0.2, 0.25) is 0 Å². The number of hydrogen-bond donors (Lipinski definition) is 1. The van der Waals surface area contributed by atoms with Crippen LogP contribution in [-0.2, 0) is 17.6 Å². The minimum atomic E-state index is -0.733. The van der Waals surface area contributed by atoms with Crippen LogP contribution in [0.1, 0.15) is 36.8 Å². The molecule has 0 radical (unpaired) electrons. The Bertz CT molecular complexity index is 590. The molecule has 0 spiro atoms. The number of hydrogen-bond acceptors (Lipinski definition) is 4. The number of carboxylic acid groups (broad SMARTS) is 1. The van der Waals surface area contributed by atoms with E-state index in [1.54, 1.807) is 0 Å². The molecule has 0 bridgehead atoms. The van der Waals surface area contributed by atoms with E-state index in [9.17, 15) is 4.79 Å². The van der Waals surface area contributed by atoms with Crippen molar-refractivity contribution in [1.29, 1.82) is 0 Å². The summed E-state index contributed by atoms with van der Waals surface area (Å²) in [6.07, 6.45) is 6.66. The third-order valence-corrected chi connectivity index (χ3v) is 5.49. The van der Waals surface area contributed by atoms with Crippen LogP contribution in [0.4, 0.5) is 0 Å². The van der Waals surface area contributed by atoms with Gasteiger partial charge in [-0.2, -0.15) is 0 Å². The molecule has 1 saturated heterocycles. The maximum atomic E-state index is 10.9. The van der Waals surface area contributed by atoms with Gasteiger partial charge >= 0.3 is 5.97 Å². The largest absolute Gasteiger partial charge is 0.493 e. The predicted octanol–water partition coefficient (Wildman–Crippen LogP) is 2.42. The summed E-state index contributed by atoms with van der Waals surface area (Å²) in [4.78, 5) is 15.4. The summed E-state index contributed by atoms with van der Waals surface area (Å²) < 4.78 is 5.57. The lowest BCUT2D eigenvalue weighted by molar-refractivity contribution is -0.138. The van der Waals surface area contributed by atoms with Gasteiger partial charge in [0.15, 0.2) is 0 Å². The second-order valence-electron chi connectivity index (χ2n) is 7.38. The lowest BCUT2D eigenvalue weighted by Crippen LogP contribution is -2.36. The SMILES string of the molecule is CN(CC(=O)O)C1CCCN(CCCc2ccc3c(c2)CCO3)CC1. The summed E-state index contributed by atoms with van der Waals surface area (Å²) >= 11 is 0. The third-order valence-electron chi connectivity index (χ3n) is 5.49. The number of likely N-dealkylation sites (N-methyl/N-ethyl adjacent to an activating group) is 1. The first-order chi connectivity index (χ1) is 12.1. The van der Waals surface area contributed by atoms with Gasteiger partial charge in [-0.1, -0.05) is 12.1 Å². The molecule has 1 atom stereocenters. The first kappa shape index (κ1) is 18.2. The van der Waals surface area contributed by atoms with E-state index in [1.165, 1.54) is 17.5 Å². The maximum absolute atomic E-state index is 10.9. The number of aliphatic carboxylic acids is 1. The fourth-order valence-electron chi connectivity index (χ4n) is 4.05. The Kier molecular flexibility index (Phi) is 6.32. The number of nitrogens with zero attached hydrogens (tertiary/aromatic N) is 2. The van der Waals surface area contributed by atoms with E-state index >= 15 is 0 Å². The summed E-state index contributed by atoms with van der Waals surface area (Å²) in [7, 11) is 1.94. The third kappa shape index (κ3) is 5.19. The van der Waals surface area contributed by atoms with E-state index in [0.29, 0.717) is 6.04 Å². The molecule has 2 aliphatic heterocycles. The molecule has 1 aromatic carbocycles. The highest BCUT2D eigenvalue weighted by molar-refractivity contribution is 5.69. The predicted molar refractivity (Wildman–Crippen MR) is 98.3 cm³/mol. The lowest BCUT2D eigenvalue weighted by atomic mass is 10.0. The zero-order valence-electron chi connectivity index (χ0n) is 15.2. The fourth-order valence-corrected chi connectivity index (χ4v) is 4.05. The van der Waals surface area contributed by atoms with Crippen molar-refractivity contribution in [3.63, 3.8) is 0 Å². The second kappa shape index (κ2) is 8.68. The van der Waals surface area contributed by atoms with Gasteiger partial charge in [0, 0.05) is 12.5 Å². The second-order valence-corrected chi connectivity index (χ2v) is 7.38. The van der Waals surface area contributed by atoms with Crippen molar-refractivity contribution in [3.05, 3.63) is 29.3 Å². The van der Waals surface area contributed by atoms with Crippen molar-refractivity contribution in [3.8, 4) is 5.75 Å². The molecule has 2 heterocycles. The minimum Gasteiger partial charge on any atom is -0.493 e. The molecule has 0 amide bonds. The summed E-state index contributed by atoms with van der Waals surface area (Å²) in [6.45, 7) is 4.31. The van der Waals surface area contributed by atoms with Gasteiger partial charge in [0.1, 0.15) is 5.75 Å². The molecule has 0 aliphatic carbocycles. The van der Waals surface area contributed by atoms with Crippen molar-refractivity contribution in [2.45, 2.75) is 44.6 Å². The van der Waals surface area contributed by atoms with E-state index in [-0.39, 0.29) is 6.54 Å². The van der Waals surface area contributed by atoms with E-state index < -0.39 is 5.97 Å². The average Bonchev–Trinajstić information content (AvgIpc) is 2.91. The number of fused-ring (bicyclic) bond motifs is 1. The Balaban J connectivity index is 1.41. The molecule has 1 N–H and O–H groups in total. The van der Waals surface area contributed by atoms with Crippen LogP contribution in [0.15, 0.2) is 18.2 Å². The van der Waals surface area contributed by atoms with E-state index in [0.717, 1.165) is 64.1 Å². The molecule has 5 heteroatoms. The number of ether oxygens (including phenoxy) is 1. The molecule has 1 unspecified atom stereocenters. The quantitative estimate of drug-likeness (QED) is 0.822. The Morgan fingerprint density at radius 2 is 2.24 bits per heavy atom. The van der Waals surface area contributed by atoms with Crippen LogP contribution in [-0.4, -0.2) is 66.8 Å². The fraction of sp³-hybridized carbons (Fsp3) is 0.650. The highest BCUT2D eigenvalue weighted by atomic mass is 16.5. The Labute approximate surface area is 150 Å². The molecule has 25 heavy (non-hydrogen) atoms. The zero-order chi connectivity index (χ0) is 17.6. The molecular formula is C20H30N2O3. The average molecular weight is 346 g/mol. The summed E-state index contributed by atoms with van der Waals surface area (Å²) in [5, 5.41) is 8.96. The highest BCUT2D eigenvalue weighted by Gasteiger charge is 2.21. The molecule has 138 valence electrons. The monoisotopic (exact) mass is 346 g/mol. The zero-order valence-corrected chi connectivity index (χ0v) is 15.2. The van der Waals surface area contributed by atoms with Gasteiger partial charge in [0.25, 0.3) is 0 Å². The number of carboxylic acids is 1. The Morgan fingerprint density at radius 1 is 1.36 bits per heavy atom. The number of aryl methyl sites for hydroxylation is 1. The highest BCUT2D eigenvalue weighted by Crippen LogP contribution is 2.26. The van der Waals surface area contributed by atoms with Crippen LogP contribution in [0, 0.1) is 0 Å². The van der Waals surface area contributed by atoms with Gasteiger partial charge in [0.05, 0.1) is 13.2 Å². The van der Waals surface area contributed by atoms with Crippen molar-refractivity contribution in [2.75, 3.05) is 39.8 Å². The normalized spacial score (nSPS) is 21.0. The topological polar surface area (TPSA) is 53.0 Å². The van der Waals surface area contributed by atoms with Gasteiger partial charge in [-0.25, -0.2) is 0 Å². The van der Waals surface area contributed by atoms with Crippen LogP contribution < -0.4 is 4.74 Å². The van der Waals surface area contributed by atoms with Crippen LogP contribution in [0.2, 0.25) is 0 Å². The molecule has 0 saturated carbocycles. The Hall–Kier alpha value is -1.59. The molecule has 5 nitrogen and oxygen atoms in total. The Morgan fingerprint density at radius 3 is 3.08 bits per heavy atom. The number of rotatable bonds is 7. The molecule has 1 fully saturated rings. The summed E-state index contributed by atoms with van der Waals surface area (Å²) in [5.74, 6) is 0.330. The smallest absolute Gasteiger partial charge is 0.317 e. The number of likely N-dealkylation sites (tertiary alicyclic amines) is 1. The van der Waals surface area contributed by atoms with Crippen LogP contribution in [0.3, 0.4) is 0 Å². The first-order valence-corrected chi connectivity index (χ1v) is 9.51. The van der Waals surface area contributed by atoms with Gasteiger partial charge in [-0.15, -0.1) is 0 Å². The molecule has 2 aliphatic rings.